The molecule has 0 atom stereocenters. The van der Waals surface area contributed by atoms with E-state index in [0.717, 1.165) is 37.0 Å². The molecule has 1 aromatic carbocycles. The van der Waals surface area contributed by atoms with Gasteiger partial charge in [0, 0.05) is 19.4 Å². The Morgan fingerprint density at radius 1 is 1.08 bits per heavy atom. The van der Waals surface area contributed by atoms with Crippen LogP contribution in [0.1, 0.15) is 49.8 Å². The summed E-state index contributed by atoms with van der Waals surface area (Å²) < 4.78 is 50.3. The maximum atomic E-state index is 12.0. The summed E-state index contributed by atoms with van der Waals surface area (Å²) in [5, 5.41) is 0. The maximum absolute atomic E-state index is 12.0. The number of nitrogens with zero attached hydrogens (tertiary/aromatic N) is 1. The lowest BCUT2D eigenvalue weighted by Gasteiger charge is -2.24. The number of nitrogens with one attached hydrogen (secondary N) is 2. The predicted molar refractivity (Wildman–Crippen MR) is 134 cm³/mol. The van der Waals surface area contributed by atoms with E-state index in [1.807, 2.05) is 22.9 Å². The molecule has 0 aliphatic heterocycles. The number of carbonyl (C=O) groups is 1. The van der Waals surface area contributed by atoms with E-state index in [2.05, 4.69) is 9.71 Å². The first-order valence-corrected chi connectivity index (χ1v) is 13.7. The van der Waals surface area contributed by atoms with E-state index >= 15 is 0 Å². The fourth-order valence-electron chi connectivity index (χ4n) is 3.82. The lowest BCUT2D eigenvalue weighted by molar-refractivity contribution is 0.142. The van der Waals surface area contributed by atoms with Crippen LogP contribution in [0.2, 0.25) is 0 Å². The summed E-state index contributed by atoms with van der Waals surface area (Å²) in [5.41, 5.74) is 1.51. The fraction of sp³-hybridized carbons (Fsp3) is 0.520. The third-order valence-corrected chi connectivity index (χ3v) is 6.61. The molecular weight excluding hydrogens is 486 g/mol. The van der Waals surface area contributed by atoms with Crippen LogP contribution in [-0.2, 0) is 32.6 Å². The molecule has 1 aromatic heterocycles. The average Bonchev–Trinajstić information content (AvgIpc) is 2.87. The van der Waals surface area contributed by atoms with Gasteiger partial charge in [-0.3, -0.25) is 4.98 Å². The van der Waals surface area contributed by atoms with Gasteiger partial charge in [0.05, 0.1) is 31.6 Å². The Labute approximate surface area is 212 Å². The number of carbonyl (C=O) groups excluding carboxylic acids is 1. The minimum Gasteiger partial charge on any atom is -0.491 e. The maximum Gasteiger partial charge on any atom is 0.421 e. The van der Waals surface area contributed by atoms with Gasteiger partial charge < -0.3 is 18.9 Å². The molecule has 2 N–H and O–H groups in total. The Morgan fingerprint density at radius 2 is 1.92 bits per heavy atom. The summed E-state index contributed by atoms with van der Waals surface area (Å²) in [7, 11) is -2.44. The Morgan fingerprint density at radius 3 is 2.67 bits per heavy atom. The highest BCUT2D eigenvalue weighted by atomic mass is 32.2. The quantitative estimate of drug-likeness (QED) is 0.362. The number of amides is 1. The standard InChI is InChI=1S/C25H35N3O7S/c1-32-16-17-33-23-13-12-20(24(18-23)35-22-10-3-2-4-11-22)8-7-15-34-25(29)28-36(30,31)27-19-21-9-5-6-14-26-21/h5-6,9,12-14,18,22,27H,2-4,7-8,10-11,15-17,19H2,1H3,(H,28,29). The first-order valence-electron chi connectivity index (χ1n) is 12.2. The highest BCUT2D eigenvalue weighted by molar-refractivity contribution is 7.88. The van der Waals surface area contributed by atoms with Crippen LogP contribution in [0.5, 0.6) is 11.5 Å². The van der Waals surface area contributed by atoms with Gasteiger partial charge in [0.15, 0.2) is 0 Å². The molecule has 0 spiro atoms. The lowest BCUT2D eigenvalue weighted by atomic mass is 9.97. The zero-order valence-electron chi connectivity index (χ0n) is 20.6. The van der Waals surface area contributed by atoms with Crippen molar-refractivity contribution in [3.8, 4) is 11.5 Å². The summed E-state index contributed by atoms with van der Waals surface area (Å²) in [5.74, 6) is 1.48. The number of hydrogen-bond donors (Lipinski definition) is 2. The summed E-state index contributed by atoms with van der Waals surface area (Å²) in [6.45, 7) is 0.949. The van der Waals surface area contributed by atoms with E-state index in [4.69, 9.17) is 18.9 Å². The van der Waals surface area contributed by atoms with E-state index < -0.39 is 16.3 Å². The molecule has 3 rings (SSSR count). The zero-order chi connectivity index (χ0) is 25.6. The Bertz CT molecular complexity index is 1040. The smallest absolute Gasteiger partial charge is 0.421 e. The minimum absolute atomic E-state index is 0.0433. The summed E-state index contributed by atoms with van der Waals surface area (Å²) in [6.07, 6.45) is 7.40. The molecule has 10 nitrogen and oxygen atoms in total. The van der Waals surface area contributed by atoms with Crippen molar-refractivity contribution in [1.29, 1.82) is 0 Å². The number of methoxy groups -OCH3 is 1. The second-order valence-corrected chi connectivity index (χ2v) is 9.98. The van der Waals surface area contributed by atoms with E-state index in [9.17, 15) is 13.2 Å². The van der Waals surface area contributed by atoms with Gasteiger partial charge in [0.2, 0.25) is 0 Å². The van der Waals surface area contributed by atoms with E-state index in [1.54, 1.807) is 31.5 Å². The molecule has 1 saturated carbocycles. The van der Waals surface area contributed by atoms with Crippen LogP contribution in [0.4, 0.5) is 4.79 Å². The first kappa shape index (κ1) is 27.7. The Balaban J connectivity index is 1.47. The zero-order valence-corrected chi connectivity index (χ0v) is 21.4. The number of hydrogen-bond acceptors (Lipinski definition) is 8. The SMILES string of the molecule is COCCOc1ccc(CCCOC(=O)NS(=O)(=O)NCc2ccccn2)c(OC2CCCCC2)c1. The van der Waals surface area contributed by atoms with Gasteiger partial charge in [-0.05, 0) is 62.3 Å². The van der Waals surface area contributed by atoms with Crippen molar-refractivity contribution >= 4 is 16.3 Å². The molecule has 1 fully saturated rings. The number of rotatable bonds is 14. The van der Waals surface area contributed by atoms with Crippen LogP contribution in [0.25, 0.3) is 0 Å². The highest BCUT2D eigenvalue weighted by Crippen LogP contribution is 2.30. The van der Waals surface area contributed by atoms with Gasteiger partial charge in [-0.15, -0.1) is 0 Å². The van der Waals surface area contributed by atoms with Gasteiger partial charge in [-0.2, -0.15) is 13.1 Å². The molecule has 198 valence electrons. The summed E-state index contributed by atoms with van der Waals surface area (Å²) in [4.78, 5) is 16.0. The number of pyridine rings is 1. The minimum atomic E-state index is -4.06. The van der Waals surface area contributed by atoms with Gasteiger partial charge in [-0.25, -0.2) is 9.52 Å². The molecule has 1 heterocycles. The second-order valence-electron chi connectivity index (χ2n) is 8.48. The number of benzene rings is 1. The van der Waals surface area contributed by atoms with Crippen LogP contribution in [0, 0.1) is 0 Å². The third-order valence-electron chi connectivity index (χ3n) is 5.65. The monoisotopic (exact) mass is 521 g/mol. The molecule has 2 aromatic rings. The van der Waals surface area contributed by atoms with Gasteiger partial charge in [0.1, 0.15) is 18.1 Å². The van der Waals surface area contributed by atoms with Crippen molar-refractivity contribution in [2.75, 3.05) is 26.9 Å². The van der Waals surface area contributed by atoms with Crippen LogP contribution < -0.4 is 18.9 Å². The molecule has 1 amide bonds. The van der Waals surface area contributed by atoms with Crippen LogP contribution in [0.3, 0.4) is 0 Å². The number of ether oxygens (including phenoxy) is 4. The third kappa shape index (κ3) is 10.00. The fourth-order valence-corrected chi connectivity index (χ4v) is 4.51. The Hall–Kier alpha value is -2.89. The topological polar surface area (TPSA) is 125 Å². The molecule has 11 heteroatoms. The molecule has 0 bridgehead atoms. The first-order chi connectivity index (χ1) is 17.4. The van der Waals surface area contributed by atoms with Crippen molar-refractivity contribution < 1.29 is 32.2 Å². The van der Waals surface area contributed by atoms with E-state index in [-0.39, 0.29) is 19.3 Å². The summed E-state index contributed by atoms with van der Waals surface area (Å²) in [6, 6.07) is 10.9. The van der Waals surface area contributed by atoms with Gasteiger partial charge in [0.25, 0.3) is 0 Å². The van der Waals surface area contributed by atoms with E-state index in [1.165, 1.54) is 6.42 Å². The lowest BCUT2D eigenvalue weighted by Crippen LogP contribution is -2.40. The Kier molecular flexibility index (Phi) is 11.2. The molecule has 0 unspecified atom stereocenters. The van der Waals surface area contributed by atoms with Crippen molar-refractivity contribution in [2.45, 2.75) is 57.6 Å². The van der Waals surface area contributed by atoms with Crippen LogP contribution in [0.15, 0.2) is 42.6 Å². The predicted octanol–water partition coefficient (Wildman–Crippen LogP) is 3.51. The molecule has 1 aliphatic carbocycles. The van der Waals surface area contributed by atoms with Crippen molar-refractivity contribution in [3.63, 3.8) is 0 Å². The molecular formula is C25H35N3O7S. The highest BCUT2D eigenvalue weighted by Gasteiger charge is 2.18. The van der Waals surface area contributed by atoms with Crippen molar-refractivity contribution in [2.24, 2.45) is 0 Å². The van der Waals surface area contributed by atoms with Gasteiger partial charge in [-0.1, -0.05) is 18.6 Å². The molecule has 36 heavy (non-hydrogen) atoms. The number of aryl methyl sites for hydroxylation is 1. The molecule has 0 saturated heterocycles. The normalized spacial score (nSPS) is 14.2. The van der Waals surface area contributed by atoms with E-state index in [0.29, 0.717) is 37.5 Å². The van der Waals surface area contributed by atoms with Crippen LogP contribution in [-0.4, -0.2) is 52.5 Å². The molecule has 0 radical (unpaired) electrons. The largest absolute Gasteiger partial charge is 0.491 e. The second kappa shape index (κ2) is 14.6. The average molecular weight is 522 g/mol. The number of aromatic nitrogens is 1. The van der Waals surface area contributed by atoms with Crippen molar-refractivity contribution in [3.05, 3.63) is 53.9 Å². The van der Waals surface area contributed by atoms with Crippen LogP contribution >= 0.6 is 0 Å². The van der Waals surface area contributed by atoms with Gasteiger partial charge >= 0.3 is 16.3 Å². The molecule has 1 aliphatic rings. The van der Waals surface area contributed by atoms with Crippen molar-refractivity contribution in [1.82, 2.24) is 14.4 Å². The summed E-state index contributed by atoms with van der Waals surface area (Å²) >= 11 is 0.